The first kappa shape index (κ1) is 18.6. The van der Waals surface area contributed by atoms with Crippen molar-refractivity contribution in [3.63, 3.8) is 0 Å². The molecule has 146 valence electrons. The average molecular weight is 387 g/mol. The third-order valence-electron chi connectivity index (χ3n) is 4.55. The van der Waals surface area contributed by atoms with Gasteiger partial charge in [0.1, 0.15) is 5.82 Å². The van der Waals surface area contributed by atoms with E-state index in [0.717, 1.165) is 16.8 Å². The molecule has 0 fully saturated rings. The zero-order chi connectivity index (χ0) is 20.2. The highest BCUT2D eigenvalue weighted by atomic mass is 16.5. The quantitative estimate of drug-likeness (QED) is 0.511. The predicted octanol–water partition coefficient (Wildman–Crippen LogP) is 3.35. The summed E-state index contributed by atoms with van der Waals surface area (Å²) in [5.41, 5.74) is 2.69. The Morgan fingerprint density at radius 2 is 1.76 bits per heavy atom. The first-order valence-electron chi connectivity index (χ1n) is 9.30. The summed E-state index contributed by atoms with van der Waals surface area (Å²) in [6.45, 7) is 1.88. The van der Waals surface area contributed by atoms with Gasteiger partial charge in [0.25, 0.3) is 5.78 Å². The van der Waals surface area contributed by atoms with Gasteiger partial charge in [-0.25, -0.2) is 9.78 Å². The molecule has 1 atom stereocenters. The Balaban J connectivity index is 1.71. The number of rotatable bonds is 6. The summed E-state index contributed by atoms with van der Waals surface area (Å²) < 4.78 is 6.63. The molecule has 2 aromatic heterocycles. The average Bonchev–Trinajstić information content (AvgIpc) is 3.14. The number of aryl methyl sites for hydroxylation is 1. The van der Waals surface area contributed by atoms with Gasteiger partial charge >= 0.3 is 5.97 Å². The van der Waals surface area contributed by atoms with E-state index in [0.29, 0.717) is 23.8 Å². The van der Waals surface area contributed by atoms with Crippen LogP contribution >= 0.6 is 0 Å². The van der Waals surface area contributed by atoms with Crippen molar-refractivity contribution in [1.82, 2.24) is 19.6 Å². The molecule has 0 radical (unpaired) electrons. The lowest BCUT2D eigenvalue weighted by Gasteiger charge is -2.18. The van der Waals surface area contributed by atoms with Crippen LogP contribution in [0.25, 0.3) is 5.78 Å². The van der Waals surface area contributed by atoms with Gasteiger partial charge in [-0.1, -0.05) is 60.7 Å². The van der Waals surface area contributed by atoms with Crippen molar-refractivity contribution in [2.45, 2.75) is 19.4 Å². The molecule has 29 heavy (non-hydrogen) atoms. The van der Waals surface area contributed by atoms with Crippen molar-refractivity contribution in [3.8, 4) is 0 Å². The summed E-state index contributed by atoms with van der Waals surface area (Å²) >= 11 is 0. The summed E-state index contributed by atoms with van der Waals surface area (Å²) in [4.78, 5) is 21.5. The first-order chi connectivity index (χ1) is 14.1. The molecule has 2 aromatic carbocycles. The minimum Gasteiger partial charge on any atom is -0.467 e. The Morgan fingerprint density at radius 1 is 1.07 bits per heavy atom. The van der Waals surface area contributed by atoms with Crippen LogP contribution in [-0.4, -0.2) is 32.7 Å². The largest absolute Gasteiger partial charge is 0.467 e. The third kappa shape index (κ3) is 4.08. The number of aromatic nitrogens is 4. The van der Waals surface area contributed by atoms with Crippen LogP contribution in [0.5, 0.6) is 0 Å². The molecule has 0 amide bonds. The number of esters is 1. The van der Waals surface area contributed by atoms with E-state index in [2.05, 4.69) is 20.4 Å². The minimum absolute atomic E-state index is 0.386. The maximum absolute atomic E-state index is 12.4. The fourth-order valence-corrected chi connectivity index (χ4v) is 3.17. The van der Waals surface area contributed by atoms with Gasteiger partial charge in [-0.05, 0) is 18.1 Å². The van der Waals surface area contributed by atoms with Gasteiger partial charge in [0.15, 0.2) is 11.9 Å². The van der Waals surface area contributed by atoms with Gasteiger partial charge in [-0.3, -0.25) is 0 Å². The molecular weight excluding hydrogens is 366 g/mol. The molecule has 0 bridgehead atoms. The second-order valence-electron chi connectivity index (χ2n) is 6.70. The molecule has 0 aliphatic heterocycles. The van der Waals surface area contributed by atoms with Gasteiger partial charge < -0.3 is 10.1 Å². The molecular formula is C22H21N5O2. The molecule has 0 saturated heterocycles. The second kappa shape index (κ2) is 8.10. The monoisotopic (exact) mass is 387 g/mol. The van der Waals surface area contributed by atoms with E-state index in [1.165, 1.54) is 7.11 Å². The molecule has 0 unspecified atom stereocenters. The fourth-order valence-electron chi connectivity index (χ4n) is 3.17. The van der Waals surface area contributed by atoms with Crippen molar-refractivity contribution in [3.05, 3.63) is 89.4 Å². The Labute approximate surface area is 168 Å². The van der Waals surface area contributed by atoms with E-state index >= 15 is 0 Å². The zero-order valence-electron chi connectivity index (χ0n) is 16.2. The maximum Gasteiger partial charge on any atom is 0.333 e. The van der Waals surface area contributed by atoms with Gasteiger partial charge in [0, 0.05) is 18.2 Å². The van der Waals surface area contributed by atoms with Crippen LogP contribution in [0.3, 0.4) is 0 Å². The zero-order valence-corrected chi connectivity index (χ0v) is 16.2. The number of carbonyl (C=O) groups excluding carboxylic acids is 1. The predicted molar refractivity (Wildman–Crippen MR) is 110 cm³/mol. The number of fused-ring (bicyclic) bond motifs is 1. The smallest absolute Gasteiger partial charge is 0.333 e. The number of ether oxygens (including phenoxy) is 1. The Kier molecular flexibility index (Phi) is 5.20. The Hall–Kier alpha value is -3.74. The van der Waals surface area contributed by atoms with Crippen molar-refractivity contribution in [2.75, 3.05) is 12.4 Å². The highest BCUT2D eigenvalue weighted by molar-refractivity contribution is 5.80. The lowest BCUT2D eigenvalue weighted by Crippen LogP contribution is -2.23. The van der Waals surface area contributed by atoms with Crippen molar-refractivity contribution < 1.29 is 9.53 Å². The van der Waals surface area contributed by atoms with Crippen LogP contribution in [0.4, 0.5) is 5.82 Å². The van der Waals surface area contributed by atoms with Gasteiger partial charge in [0.2, 0.25) is 0 Å². The number of nitrogens with zero attached hydrogens (tertiary/aromatic N) is 4. The van der Waals surface area contributed by atoms with Gasteiger partial charge in [-0.15, -0.1) is 5.10 Å². The van der Waals surface area contributed by atoms with E-state index in [1.54, 1.807) is 4.52 Å². The highest BCUT2D eigenvalue weighted by Crippen LogP contribution is 2.22. The van der Waals surface area contributed by atoms with Crippen molar-refractivity contribution in [1.29, 1.82) is 0 Å². The van der Waals surface area contributed by atoms with Crippen LogP contribution in [0.2, 0.25) is 0 Å². The summed E-state index contributed by atoms with van der Waals surface area (Å²) in [6.07, 6.45) is 0.599. The van der Waals surface area contributed by atoms with Crippen LogP contribution < -0.4 is 5.32 Å². The van der Waals surface area contributed by atoms with Gasteiger partial charge in [0.05, 0.1) is 7.11 Å². The summed E-state index contributed by atoms with van der Waals surface area (Å²) in [6, 6.07) is 20.6. The van der Waals surface area contributed by atoms with Crippen LogP contribution in [-0.2, 0) is 16.0 Å². The van der Waals surface area contributed by atoms with E-state index in [9.17, 15) is 4.79 Å². The molecule has 0 aliphatic rings. The lowest BCUT2D eigenvalue weighted by molar-refractivity contribution is -0.141. The Morgan fingerprint density at radius 3 is 2.45 bits per heavy atom. The van der Waals surface area contributed by atoms with Crippen LogP contribution in [0, 0.1) is 6.92 Å². The number of benzene rings is 2. The topological polar surface area (TPSA) is 81.4 Å². The fraction of sp³-hybridized carbons (Fsp3) is 0.182. The highest BCUT2D eigenvalue weighted by Gasteiger charge is 2.23. The Bertz CT molecular complexity index is 1130. The minimum atomic E-state index is -0.673. The summed E-state index contributed by atoms with van der Waals surface area (Å²) in [5.74, 6) is 1.38. The first-order valence-corrected chi connectivity index (χ1v) is 9.30. The summed E-state index contributed by atoms with van der Waals surface area (Å²) in [7, 11) is 1.38. The normalized spacial score (nSPS) is 11.9. The van der Waals surface area contributed by atoms with Crippen LogP contribution in [0.15, 0.2) is 66.7 Å². The number of carbonyl (C=O) groups is 1. The van der Waals surface area contributed by atoms with E-state index in [-0.39, 0.29) is 5.97 Å². The molecule has 4 rings (SSSR count). The van der Waals surface area contributed by atoms with Crippen LogP contribution in [0.1, 0.15) is 28.7 Å². The molecule has 2 heterocycles. The molecule has 7 nitrogen and oxygen atoms in total. The van der Waals surface area contributed by atoms with Gasteiger partial charge in [-0.2, -0.15) is 9.50 Å². The number of hydrogen-bond donors (Lipinski definition) is 1. The number of methoxy groups -OCH3 is 1. The molecule has 1 N–H and O–H groups in total. The second-order valence-corrected chi connectivity index (χ2v) is 6.70. The lowest BCUT2D eigenvalue weighted by atomic mass is 10.1. The van der Waals surface area contributed by atoms with E-state index in [1.807, 2.05) is 73.7 Å². The molecule has 0 spiro atoms. The number of anilines is 1. The third-order valence-corrected chi connectivity index (χ3v) is 4.55. The SMILES string of the molecule is COC(=O)[C@@H](Nc1cc(C)nc2nc(Cc3ccccc3)nn12)c1ccccc1. The molecule has 7 heteroatoms. The molecule has 0 aliphatic carbocycles. The van der Waals surface area contributed by atoms with Crippen molar-refractivity contribution in [2.24, 2.45) is 0 Å². The van der Waals surface area contributed by atoms with E-state index in [4.69, 9.17) is 4.74 Å². The van der Waals surface area contributed by atoms with Crippen molar-refractivity contribution >= 4 is 17.6 Å². The number of nitrogens with one attached hydrogen (secondary N) is 1. The summed E-state index contributed by atoms with van der Waals surface area (Å²) in [5, 5.41) is 7.86. The molecule has 0 saturated carbocycles. The standard InChI is InChI=1S/C22H21N5O2/c1-15-13-19(25-20(21(28)29-2)17-11-7-4-8-12-17)27-22(23-15)24-18(26-27)14-16-9-5-3-6-10-16/h3-13,20,25H,14H2,1-2H3/t20-/m0/s1. The number of hydrogen-bond acceptors (Lipinski definition) is 6. The van der Waals surface area contributed by atoms with E-state index < -0.39 is 6.04 Å². The maximum atomic E-state index is 12.4. The molecule has 4 aromatic rings.